The molecule has 0 spiro atoms. The van der Waals surface area contributed by atoms with Crippen molar-refractivity contribution in [2.24, 2.45) is 0 Å². The second-order valence-corrected chi connectivity index (χ2v) is 8.03. The number of nitrogens with zero attached hydrogens (tertiary/aromatic N) is 1. The maximum atomic E-state index is 13.4. The van der Waals surface area contributed by atoms with Crippen molar-refractivity contribution < 1.29 is 17.9 Å². The van der Waals surface area contributed by atoms with Crippen LogP contribution < -0.4 is 4.72 Å². The van der Waals surface area contributed by atoms with Crippen LogP contribution in [0.3, 0.4) is 0 Å². The lowest BCUT2D eigenvalue weighted by atomic mass is 9.92. The van der Waals surface area contributed by atoms with Gasteiger partial charge in [-0.15, -0.1) is 0 Å². The van der Waals surface area contributed by atoms with Crippen LogP contribution in [0, 0.1) is 12.7 Å². The summed E-state index contributed by atoms with van der Waals surface area (Å²) in [7, 11) is -1.95. The van der Waals surface area contributed by atoms with Gasteiger partial charge < -0.3 is 10.0 Å². The Hall–Kier alpha value is -0.730. The van der Waals surface area contributed by atoms with E-state index in [0.717, 1.165) is 6.07 Å². The molecule has 1 fully saturated rings. The average Bonchev–Trinajstić information content (AvgIpc) is 2.44. The maximum Gasteiger partial charge on any atom is 0.242 e. The number of benzene rings is 1. The third-order valence-electron chi connectivity index (χ3n) is 4.01. The van der Waals surface area contributed by atoms with Gasteiger partial charge in [-0.1, -0.05) is 11.6 Å². The van der Waals surface area contributed by atoms with Crippen molar-refractivity contribution in [1.29, 1.82) is 0 Å². The quantitative estimate of drug-likeness (QED) is 0.864. The van der Waals surface area contributed by atoms with Crippen LogP contribution in [0.15, 0.2) is 17.0 Å². The van der Waals surface area contributed by atoms with Gasteiger partial charge in [-0.25, -0.2) is 17.5 Å². The largest absolute Gasteiger partial charge is 0.388 e. The van der Waals surface area contributed by atoms with E-state index in [4.69, 9.17) is 11.6 Å². The van der Waals surface area contributed by atoms with Gasteiger partial charge in [0.15, 0.2) is 0 Å². The van der Waals surface area contributed by atoms with Crippen molar-refractivity contribution in [2.75, 3.05) is 26.7 Å². The summed E-state index contributed by atoms with van der Waals surface area (Å²) in [6, 6.07) is 2.18. The van der Waals surface area contributed by atoms with E-state index >= 15 is 0 Å². The summed E-state index contributed by atoms with van der Waals surface area (Å²) >= 11 is 5.83. The fourth-order valence-corrected chi connectivity index (χ4v) is 4.07. The first kappa shape index (κ1) is 17.6. The molecule has 0 bridgehead atoms. The van der Waals surface area contributed by atoms with E-state index in [2.05, 4.69) is 9.62 Å². The molecule has 0 radical (unpaired) electrons. The molecule has 1 aromatic rings. The molecule has 0 aromatic heterocycles. The number of aryl methyl sites for hydroxylation is 1. The van der Waals surface area contributed by atoms with Crippen molar-refractivity contribution in [1.82, 2.24) is 9.62 Å². The van der Waals surface area contributed by atoms with E-state index < -0.39 is 21.4 Å². The number of halogens is 2. The van der Waals surface area contributed by atoms with Crippen LogP contribution >= 0.6 is 11.6 Å². The molecule has 0 atom stereocenters. The Morgan fingerprint density at radius 3 is 2.59 bits per heavy atom. The van der Waals surface area contributed by atoms with Crippen LogP contribution in [0.25, 0.3) is 0 Å². The van der Waals surface area contributed by atoms with E-state index in [1.807, 2.05) is 7.05 Å². The van der Waals surface area contributed by atoms with E-state index in [0.29, 0.717) is 25.9 Å². The predicted molar refractivity (Wildman–Crippen MR) is 83.0 cm³/mol. The van der Waals surface area contributed by atoms with Crippen LogP contribution in [0.1, 0.15) is 18.4 Å². The zero-order chi connectivity index (χ0) is 16.5. The topological polar surface area (TPSA) is 69.6 Å². The molecule has 2 N–H and O–H groups in total. The minimum atomic E-state index is -3.90. The zero-order valence-electron chi connectivity index (χ0n) is 12.6. The zero-order valence-corrected chi connectivity index (χ0v) is 14.1. The summed E-state index contributed by atoms with van der Waals surface area (Å²) in [6.45, 7) is 2.79. The summed E-state index contributed by atoms with van der Waals surface area (Å²) < 4.78 is 40.4. The Morgan fingerprint density at radius 2 is 2.00 bits per heavy atom. The Balaban J connectivity index is 2.13. The second-order valence-electron chi connectivity index (χ2n) is 5.88. The standard InChI is InChI=1S/C14H20ClFN2O3S/c1-10-7-13(11(15)8-12(10)16)22(20,21)17-9-14(19)3-5-18(2)6-4-14/h7-8,17,19H,3-6,9H2,1-2H3. The molecule has 1 aliphatic rings. The van der Waals surface area contributed by atoms with Crippen molar-refractivity contribution in [3.8, 4) is 0 Å². The monoisotopic (exact) mass is 350 g/mol. The summed E-state index contributed by atoms with van der Waals surface area (Å²) in [6.07, 6.45) is 0.977. The van der Waals surface area contributed by atoms with Gasteiger partial charge in [0.05, 0.1) is 10.6 Å². The summed E-state index contributed by atoms with van der Waals surface area (Å²) in [5, 5.41) is 10.2. The first-order chi connectivity index (χ1) is 10.1. The third-order valence-corrected chi connectivity index (χ3v) is 5.88. The van der Waals surface area contributed by atoms with Gasteiger partial charge in [0.1, 0.15) is 10.7 Å². The number of nitrogens with one attached hydrogen (secondary N) is 1. The molecule has 1 aromatic carbocycles. The Labute approximate surface area is 135 Å². The molecular formula is C14H20ClFN2O3S. The molecule has 5 nitrogen and oxygen atoms in total. The fraction of sp³-hybridized carbons (Fsp3) is 0.571. The fourth-order valence-electron chi connectivity index (χ4n) is 2.36. The molecule has 22 heavy (non-hydrogen) atoms. The van der Waals surface area contributed by atoms with Crippen molar-refractivity contribution >= 4 is 21.6 Å². The van der Waals surface area contributed by atoms with Crippen LogP contribution in [0.5, 0.6) is 0 Å². The summed E-state index contributed by atoms with van der Waals surface area (Å²) in [5.74, 6) is -0.558. The van der Waals surface area contributed by atoms with Crippen molar-refractivity contribution in [3.05, 3.63) is 28.5 Å². The predicted octanol–water partition coefficient (Wildman–Crippen LogP) is 1.52. The minimum absolute atomic E-state index is 0.0874. The average molecular weight is 351 g/mol. The summed E-state index contributed by atoms with van der Waals surface area (Å²) in [4.78, 5) is 1.90. The van der Waals surface area contributed by atoms with Gasteiger partial charge >= 0.3 is 0 Å². The number of rotatable bonds is 4. The van der Waals surface area contributed by atoms with E-state index in [1.165, 1.54) is 13.0 Å². The minimum Gasteiger partial charge on any atom is -0.388 e. The Morgan fingerprint density at radius 1 is 1.41 bits per heavy atom. The number of hydrogen-bond acceptors (Lipinski definition) is 4. The smallest absolute Gasteiger partial charge is 0.242 e. The van der Waals surface area contributed by atoms with Crippen LogP contribution in [0.4, 0.5) is 4.39 Å². The molecule has 1 aliphatic heterocycles. The number of hydrogen-bond donors (Lipinski definition) is 2. The highest BCUT2D eigenvalue weighted by molar-refractivity contribution is 7.89. The van der Waals surface area contributed by atoms with Crippen LogP contribution in [-0.2, 0) is 10.0 Å². The molecule has 2 rings (SSSR count). The second kappa shape index (κ2) is 6.41. The lowest BCUT2D eigenvalue weighted by Crippen LogP contribution is -2.50. The highest BCUT2D eigenvalue weighted by Gasteiger charge is 2.33. The van der Waals surface area contributed by atoms with Gasteiger partial charge in [-0.3, -0.25) is 0 Å². The molecule has 0 saturated carbocycles. The van der Waals surface area contributed by atoms with Crippen LogP contribution in [-0.4, -0.2) is 50.7 Å². The normalized spacial score (nSPS) is 19.3. The van der Waals surface area contributed by atoms with E-state index in [9.17, 15) is 17.9 Å². The number of piperidine rings is 1. The van der Waals surface area contributed by atoms with Crippen molar-refractivity contribution in [2.45, 2.75) is 30.3 Å². The maximum absolute atomic E-state index is 13.4. The van der Waals surface area contributed by atoms with Gasteiger partial charge in [0, 0.05) is 19.6 Å². The highest BCUT2D eigenvalue weighted by Crippen LogP contribution is 2.26. The highest BCUT2D eigenvalue weighted by atomic mass is 35.5. The van der Waals surface area contributed by atoms with Crippen LogP contribution in [0.2, 0.25) is 5.02 Å². The molecular weight excluding hydrogens is 331 g/mol. The number of sulfonamides is 1. The summed E-state index contributed by atoms with van der Waals surface area (Å²) in [5.41, 5.74) is -0.871. The Kier molecular flexibility index (Phi) is 5.13. The van der Waals surface area contributed by atoms with Gasteiger partial charge in [-0.05, 0) is 44.5 Å². The molecule has 0 aliphatic carbocycles. The Bertz CT molecular complexity index is 658. The van der Waals surface area contributed by atoms with Gasteiger partial charge in [-0.2, -0.15) is 0 Å². The van der Waals surface area contributed by atoms with Gasteiger partial charge in [0.25, 0.3) is 0 Å². The van der Waals surface area contributed by atoms with E-state index in [-0.39, 0.29) is 22.0 Å². The molecule has 1 saturated heterocycles. The first-order valence-corrected chi connectivity index (χ1v) is 8.85. The van der Waals surface area contributed by atoms with E-state index in [1.54, 1.807) is 0 Å². The molecule has 124 valence electrons. The van der Waals surface area contributed by atoms with Gasteiger partial charge in [0.2, 0.25) is 10.0 Å². The molecule has 0 amide bonds. The lowest BCUT2D eigenvalue weighted by Gasteiger charge is -2.36. The molecule has 8 heteroatoms. The molecule has 1 heterocycles. The third kappa shape index (κ3) is 3.97. The SMILES string of the molecule is Cc1cc(S(=O)(=O)NCC2(O)CCN(C)CC2)c(Cl)cc1F. The molecule has 0 unspecified atom stereocenters. The number of aliphatic hydroxyl groups is 1. The first-order valence-electron chi connectivity index (χ1n) is 6.99. The van der Waals surface area contributed by atoms with Crippen molar-refractivity contribution in [3.63, 3.8) is 0 Å². The lowest BCUT2D eigenvalue weighted by molar-refractivity contribution is -0.0104. The number of likely N-dealkylation sites (tertiary alicyclic amines) is 1.